The molecule has 14 nitrogen and oxygen atoms in total. The molecule has 15 heteroatoms. The van der Waals surface area contributed by atoms with Gasteiger partial charge < -0.3 is 23.7 Å². The highest BCUT2D eigenvalue weighted by molar-refractivity contribution is 6.19. The number of rotatable bonds is 8. The Hall–Kier alpha value is -3.49. The molecule has 1 aliphatic heterocycles. The predicted octanol–water partition coefficient (Wildman–Crippen LogP) is 0.866. The SMILES string of the molecule is CC(=O)OCC1OC(n2cnc3c(OC(Cl)N(C)C)nc4nccn4c32)C(OC(C)=O)C1OC(C)=O. The van der Waals surface area contributed by atoms with E-state index in [4.69, 9.17) is 35.3 Å². The molecule has 0 spiro atoms. The number of fused-ring (bicyclic) bond motifs is 3. The molecule has 36 heavy (non-hydrogen) atoms. The minimum atomic E-state index is -1.09. The number of alkyl halides is 1. The lowest BCUT2D eigenvalue weighted by Gasteiger charge is -2.24. The van der Waals surface area contributed by atoms with E-state index in [0.29, 0.717) is 11.2 Å². The van der Waals surface area contributed by atoms with Gasteiger partial charge >= 0.3 is 17.9 Å². The van der Waals surface area contributed by atoms with Crippen molar-refractivity contribution in [3.63, 3.8) is 0 Å². The third kappa shape index (κ3) is 5.05. The van der Waals surface area contributed by atoms with Gasteiger partial charge in [-0.3, -0.25) is 28.3 Å². The number of esters is 3. The van der Waals surface area contributed by atoms with Crippen LogP contribution >= 0.6 is 11.6 Å². The first-order chi connectivity index (χ1) is 17.1. The Morgan fingerprint density at radius 1 is 1.11 bits per heavy atom. The van der Waals surface area contributed by atoms with E-state index >= 15 is 0 Å². The van der Waals surface area contributed by atoms with Crippen molar-refractivity contribution in [2.75, 3.05) is 20.7 Å². The molecule has 0 N–H and O–H groups in total. The highest BCUT2D eigenvalue weighted by Gasteiger charge is 2.51. The van der Waals surface area contributed by atoms with Gasteiger partial charge in [0.1, 0.15) is 12.7 Å². The fourth-order valence-electron chi connectivity index (χ4n) is 3.81. The van der Waals surface area contributed by atoms with Gasteiger partial charge in [-0.1, -0.05) is 11.6 Å². The van der Waals surface area contributed by atoms with Gasteiger partial charge in [-0.25, -0.2) is 9.97 Å². The summed E-state index contributed by atoms with van der Waals surface area (Å²) in [6, 6.07) is 0. The summed E-state index contributed by atoms with van der Waals surface area (Å²) in [6.45, 7) is 3.44. The van der Waals surface area contributed by atoms with Crippen LogP contribution in [0.5, 0.6) is 5.88 Å². The number of hydrogen-bond acceptors (Lipinski definition) is 12. The Bertz CT molecular complexity index is 1290. The highest BCUT2D eigenvalue weighted by Crippen LogP contribution is 2.37. The molecule has 3 aromatic rings. The first-order valence-corrected chi connectivity index (χ1v) is 11.3. The Kier molecular flexibility index (Phi) is 7.28. The zero-order valence-corrected chi connectivity index (χ0v) is 20.9. The summed E-state index contributed by atoms with van der Waals surface area (Å²) >= 11 is 6.27. The fourth-order valence-corrected chi connectivity index (χ4v) is 3.90. The lowest BCUT2D eigenvalue weighted by molar-refractivity contribution is -0.166. The molecule has 0 saturated carbocycles. The maximum Gasteiger partial charge on any atom is 0.303 e. The molecule has 5 atom stereocenters. The van der Waals surface area contributed by atoms with E-state index in [-0.39, 0.29) is 18.3 Å². The predicted molar refractivity (Wildman–Crippen MR) is 122 cm³/mol. The summed E-state index contributed by atoms with van der Waals surface area (Å²) in [5, 5.41) is 0. The molecule has 1 saturated heterocycles. The lowest BCUT2D eigenvalue weighted by atomic mass is 10.1. The van der Waals surface area contributed by atoms with E-state index in [2.05, 4.69) is 15.0 Å². The second-order valence-electron chi connectivity index (χ2n) is 8.23. The molecular formula is C21H25ClN6O8. The number of carbonyl (C=O) groups is 3. The zero-order chi connectivity index (χ0) is 26.1. The van der Waals surface area contributed by atoms with E-state index in [1.54, 1.807) is 34.2 Å². The Labute approximate surface area is 210 Å². The molecule has 1 fully saturated rings. The average Bonchev–Trinajstić information content (AvgIpc) is 3.49. The average molecular weight is 525 g/mol. The molecule has 0 aromatic carbocycles. The topological polar surface area (TPSA) is 149 Å². The Morgan fingerprint density at radius 3 is 2.44 bits per heavy atom. The van der Waals surface area contributed by atoms with E-state index in [1.165, 1.54) is 33.3 Å². The van der Waals surface area contributed by atoms with Crippen LogP contribution in [0.2, 0.25) is 0 Å². The number of halogens is 1. The minimum absolute atomic E-state index is 0.117. The number of carbonyl (C=O) groups excluding carboxylic acids is 3. The van der Waals surface area contributed by atoms with Crippen molar-refractivity contribution in [1.82, 2.24) is 28.8 Å². The van der Waals surface area contributed by atoms with Crippen molar-refractivity contribution in [1.29, 1.82) is 0 Å². The summed E-state index contributed by atoms with van der Waals surface area (Å²) in [6.07, 6.45) is 0.529. The summed E-state index contributed by atoms with van der Waals surface area (Å²) in [5.74, 6) is -1.40. The van der Waals surface area contributed by atoms with Crippen molar-refractivity contribution in [2.24, 2.45) is 0 Å². The summed E-state index contributed by atoms with van der Waals surface area (Å²) in [5.41, 5.74) is -0.0844. The standard InChI is InChI=1S/C21H25ClN6O8/c1-10(29)32-8-13-15(33-11(2)30)16(34-12(3)31)19(35-13)28-9-24-14-17(36-20(22)26(4)5)25-21-23-6-7-27(21)18(14)28/h6-7,9,13,15-16,19-20H,8H2,1-5H3. The Morgan fingerprint density at radius 2 is 1.81 bits per heavy atom. The molecular weight excluding hydrogens is 500 g/mol. The summed E-state index contributed by atoms with van der Waals surface area (Å²) < 4.78 is 31.2. The van der Waals surface area contributed by atoms with Gasteiger partial charge in [-0.05, 0) is 14.1 Å². The zero-order valence-electron chi connectivity index (χ0n) is 20.2. The van der Waals surface area contributed by atoms with Crippen molar-refractivity contribution in [3.05, 3.63) is 18.7 Å². The number of ether oxygens (including phenoxy) is 5. The third-order valence-corrected chi connectivity index (χ3v) is 5.73. The van der Waals surface area contributed by atoms with E-state index in [0.717, 1.165) is 0 Å². The highest BCUT2D eigenvalue weighted by atomic mass is 35.5. The van der Waals surface area contributed by atoms with Crippen molar-refractivity contribution >= 4 is 46.5 Å². The molecule has 3 aromatic heterocycles. The van der Waals surface area contributed by atoms with Gasteiger partial charge in [-0.2, -0.15) is 4.98 Å². The first kappa shape index (κ1) is 25.6. The second kappa shape index (κ2) is 10.2. The van der Waals surface area contributed by atoms with Gasteiger partial charge in [0.25, 0.3) is 0 Å². The molecule has 194 valence electrons. The monoisotopic (exact) mass is 524 g/mol. The van der Waals surface area contributed by atoms with E-state index < -0.39 is 48.1 Å². The largest absolute Gasteiger partial charge is 0.463 e. The molecule has 0 aliphatic carbocycles. The molecule has 0 radical (unpaired) electrons. The van der Waals surface area contributed by atoms with Crippen LogP contribution in [0.25, 0.3) is 16.9 Å². The third-order valence-electron chi connectivity index (χ3n) is 5.25. The van der Waals surface area contributed by atoms with Crippen LogP contribution in [0.15, 0.2) is 18.7 Å². The van der Waals surface area contributed by atoms with Gasteiger partial charge in [-0.15, -0.1) is 0 Å². The van der Waals surface area contributed by atoms with E-state index in [1.807, 2.05) is 0 Å². The van der Waals surface area contributed by atoms with Crippen LogP contribution in [0.3, 0.4) is 0 Å². The summed E-state index contributed by atoms with van der Waals surface area (Å²) in [7, 11) is 3.46. The second-order valence-corrected chi connectivity index (χ2v) is 8.60. The quantitative estimate of drug-likeness (QED) is 0.135. The van der Waals surface area contributed by atoms with Crippen molar-refractivity contribution in [3.8, 4) is 5.88 Å². The molecule has 5 unspecified atom stereocenters. The van der Waals surface area contributed by atoms with Gasteiger partial charge in [0, 0.05) is 33.2 Å². The summed E-state index contributed by atoms with van der Waals surface area (Å²) in [4.78, 5) is 50.0. The number of nitrogens with zero attached hydrogens (tertiary/aromatic N) is 6. The molecule has 4 rings (SSSR count). The molecule has 0 bridgehead atoms. The van der Waals surface area contributed by atoms with Crippen LogP contribution in [0.4, 0.5) is 0 Å². The first-order valence-electron chi connectivity index (χ1n) is 10.9. The number of imidazole rings is 2. The van der Waals surface area contributed by atoms with Crippen LogP contribution in [0, 0.1) is 0 Å². The Balaban J connectivity index is 1.83. The van der Waals surface area contributed by atoms with Gasteiger partial charge in [0.15, 0.2) is 29.6 Å². The maximum absolute atomic E-state index is 12.0. The van der Waals surface area contributed by atoms with E-state index in [9.17, 15) is 14.4 Å². The molecule has 1 aliphatic rings. The van der Waals surface area contributed by atoms with Crippen LogP contribution in [-0.2, 0) is 33.3 Å². The van der Waals surface area contributed by atoms with Crippen LogP contribution in [-0.4, -0.2) is 91.4 Å². The minimum Gasteiger partial charge on any atom is -0.463 e. The fraction of sp³-hybridized carbons (Fsp3) is 0.524. The van der Waals surface area contributed by atoms with Gasteiger partial charge in [0.05, 0.1) is 6.33 Å². The molecule has 0 amide bonds. The van der Waals surface area contributed by atoms with Crippen molar-refractivity contribution in [2.45, 2.75) is 51.0 Å². The normalized spacial score (nSPS) is 22.6. The number of hydrogen-bond donors (Lipinski definition) is 0. The van der Waals surface area contributed by atoms with Crippen LogP contribution < -0.4 is 4.74 Å². The molecule has 4 heterocycles. The van der Waals surface area contributed by atoms with Crippen molar-refractivity contribution < 1.29 is 38.1 Å². The maximum atomic E-state index is 12.0. The smallest absolute Gasteiger partial charge is 0.303 e. The number of aromatic nitrogens is 5. The lowest BCUT2D eigenvalue weighted by Crippen LogP contribution is -2.40. The van der Waals surface area contributed by atoms with Crippen LogP contribution in [0.1, 0.15) is 27.0 Å². The van der Waals surface area contributed by atoms with Gasteiger partial charge in [0.2, 0.25) is 17.3 Å².